The van der Waals surface area contributed by atoms with Crippen LogP contribution in [0.15, 0.2) is 30.9 Å². The molecule has 2 saturated heterocycles. The largest absolute Gasteiger partial charge is 0.445 e. The smallest absolute Gasteiger partial charge is 0.410 e. The minimum atomic E-state index is -4.02. The standard InChI is InChI=1S/C17H19FN4O6S/c1-3-6-28-15(23)21-8-17(9-21)14(19)20-16(2,10-29(17,26)27)12-7-11(22(24)25)4-5-13(12)18/h3-5,7H,1,6,8-10H2,2H3,(H2,19,20)/t16-/m0/s1. The van der Waals surface area contributed by atoms with E-state index in [4.69, 9.17) is 10.1 Å². The van der Waals surface area contributed by atoms with E-state index in [2.05, 4.69) is 11.9 Å². The molecule has 0 unspecified atom stereocenters. The van der Waals surface area contributed by atoms with Gasteiger partial charge in [-0.15, -0.1) is 0 Å². The Morgan fingerprint density at radius 1 is 1.52 bits per heavy atom. The number of benzene rings is 1. The zero-order chi connectivity index (χ0) is 21.6. The van der Waals surface area contributed by atoms with Gasteiger partial charge in [0.05, 0.1) is 29.3 Å². The summed E-state index contributed by atoms with van der Waals surface area (Å²) in [5.74, 6) is -1.83. The van der Waals surface area contributed by atoms with Crippen LogP contribution < -0.4 is 5.32 Å². The molecule has 0 bridgehead atoms. The van der Waals surface area contributed by atoms with Gasteiger partial charge >= 0.3 is 6.09 Å². The summed E-state index contributed by atoms with van der Waals surface area (Å²) < 4.78 is 43.8. The van der Waals surface area contributed by atoms with Crippen molar-refractivity contribution in [3.05, 3.63) is 52.3 Å². The van der Waals surface area contributed by atoms with Gasteiger partial charge in [0.2, 0.25) is 0 Å². The second kappa shape index (κ2) is 6.79. The number of hydrogen-bond acceptors (Lipinski definition) is 7. The van der Waals surface area contributed by atoms with Crippen LogP contribution in [0.1, 0.15) is 12.5 Å². The van der Waals surface area contributed by atoms with Gasteiger partial charge in [-0.05, 0) is 13.0 Å². The maximum Gasteiger partial charge on any atom is 0.410 e. The Kier molecular flexibility index (Phi) is 4.85. The minimum absolute atomic E-state index is 0.0328. The van der Waals surface area contributed by atoms with Crippen molar-refractivity contribution >= 4 is 27.5 Å². The molecule has 0 aromatic heterocycles. The van der Waals surface area contributed by atoms with Crippen molar-refractivity contribution in [2.45, 2.75) is 17.2 Å². The lowest BCUT2D eigenvalue weighted by molar-refractivity contribution is -0.385. The van der Waals surface area contributed by atoms with Crippen LogP contribution in [0.3, 0.4) is 0 Å². The molecule has 3 rings (SSSR count). The molecular weight excluding hydrogens is 407 g/mol. The molecule has 1 spiro atoms. The number of amides is 1. The van der Waals surface area contributed by atoms with Crippen LogP contribution in [0.2, 0.25) is 0 Å². The van der Waals surface area contributed by atoms with E-state index >= 15 is 0 Å². The van der Waals surface area contributed by atoms with E-state index in [1.807, 2.05) is 0 Å². The SMILES string of the molecule is C=CCOC(=O)N1CC2(C1)C(=N)N[C@](C)(c1cc([N+](=O)[O-])ccc1F)CS2(=O)=O. The van der Waals surface area contributed by atoms with Crippen LogP contribution in [-0.4, -0.2) is 60.4 Å². The van der Waals surface area contributed by atoms with Gasteiger partial charge in [-0.1, -0.05) is 12.7 Å². The Balaban J connectivity index is 1.89. The van der Waals surface area contributed by atoms with Crippen LogP contribution in [0.4, 0.5) is 14.9 Å². The highest BCUT2D eigenvalue weighted by molar-refractivity contribution is 7.93. The van der Waals surface area contributed by atoms with Crippen molar-refractivity contribution in [1.82, 2.24) is 10.2 Å². The first-order valence-electron chi connectivity index (χ1n) is 8.52. The first-order valence-corrected chi connectivity index (χ1v) is 10.2. The fraction of sp³-hybridized carbons (Fsp3) is 0.412. The number of amidine groups is 1. The molecule has 2 aliphatic heterocycles. The summed E-state index contributed by atoms with van der Waals surface area (Å²) in [5, 5.41) is 22.0. The summed E-state index contributed by atoms with van der Waals surface area (Å²) in [5.41, 5.74) is -2.20. The molecule has 2 fully saturated rings. The van der Waals surface area contributed by atoms with Crippen molar-refractivity contribution in [2.75, 3.05) is 25.4 Å². The summed E-state index contributed by atoms with van der Waals surface area (Å²) in [7, 11) is -4.02. The predicted octanol–water partition coefficient (Wildman–Crippen LogP) is 1.32. The lowest BCUT2D eigenvalue weighted by Gasteiger charge is -2.53. The third-order valence-corrected chi connectivity index (χ3v) is 7.77. The number of nitrogens with zero attached hydrogens (tertiary/aromatic N) is 2. The monoisotopic (exact) mass is 426 g/mol. The van der Waals surface area contributed by atoms with Crippen LogP contribution in [0.5, 0.6) is 0 Å². The van der Waals surface area contributed by atoms with Crippen molar-refractivity contribution in [1.29, 1.82) is 5.41 Å². The van der Waals surface area contributed by atoms with E-state index in [-0.39, 0.29) is 25.3 Å². The van der Waals surface area contributed by atoms with Crippen LogP contribution in [-0.2, 0) is 20.1 Å². The average molecular weight is 426 g/mol. The normalized spacial score (nSPS) is 24.3. The molecule has 1 atom stereocenters. The Labute approximate surface area is 165 Å². The van der Waals surface area contributed by atoms with E-state index in [1.54, 1.807) is 0 Å². The summed E-state index contributed by atoms with van der Waals surface area (Å²) in [6.07, 6.45) is 0.643. The lowest BCUT2D eigenvalue weighted by atomic mass is 9.89. The topological polar surface area (TPSA) is 143 Å². The molecule has 1 amide bonds. The Hall–Kier alpha value is -3.02. The number of likely N-dealkylation sites (tertiary alicyclic amines) is 1. The first-order chi connectivity index (χ1) is 13.5. The van der Waals surface area contributed by atoms with E-state index in [1.165, 1.54) is 13.0 Å². The van der Waals surface area contributed by atoms with Gasteiger partial charge in [-0.25, -0.2) is 17.6 Å². The molecule has 2 aliphatic rings. The lowest BCUT2D eigenvalue weighted by Crippen LogP contribution is -2.78. The Morgan fingerprint density at radius 2 is 2.17 bits per heavy atom. The highest BCUT2D eigenvalue weighted by Gasteiger charge is 2.63. The van der Waals surface area contributed by atoms with Crippen molar-refractivity contribution in [3.8, 4) is 0 Å². The van der Waals surface area contributed by atoms with Crippen LogP contribution in [0.25, 0.3) is 0 Å². The van der Waals surface area contributed by atoms with E-state index in [9.17, 15) is 27.7 Å². The molecule has 2 heterocycles. The van der Waals surface area contributed by atoms with Crippen LogP contribution in [0, 0.1) is 21.3 Å². The van der Waals surface area contributed by atoms with E-state index < -0.39 is 54.2 Å². The number of halogens is 1. The highest BCUT2D eigenvalue weighted by atomic mass is 32.2. The Bertz CT molecular complexity index is 1020. The number of sulfone groups is 1. The molecule has 1 aromatic rings. The number of non-ortho nitro benzene ring substituents is 1. The molecule has 1 aromatic carbocycles. The second-order valence-electron chi connectivity index (χ2n) is 7.23. The Morgan fingerprint density at radius 3 is 2.72 bits per heavy atom. The third-order valence-electron chi connectivity index (χ3n) is 5.16. The maximum atomic E-state index is 14.4. The van der Waals surface area contributed by atoms with Gasteiger partial charge in [-0.3, -0.25) is 15.5 Å². The number of rotatable bonds is 4. The molecule has 156 valence electrons. The summed E-state index contributed by atoms with van der Waals surface area (Å²) in [6.45, 7) is 4.20. The number of carbonyl (C=O) groups is 1. The zero-order valence-electron chi connectivity index (χ0n) is 15.5. The van der Waals surface area contributed by atoms with E-state index in [0.717, 1.165) is 23.1 Å². The fourth-order valence-corrected chi connectivity index (χ4v) is 5.90. The van der Waals surface area contributed by atoms with Crippen molar-refractivity contribution in [2.24, 2.45) is 0 Å². The number of ether oxygens (including phenoxy) is 1. The first kappa shape index (κ1) is 20.7. The number of nitro benzene ring substituents is 1. The van der Waals surface area contributed by atoms with Gasteiger partial charge in [0.1, 0.15) is 18.3 Å². The number of nitro groups is 1. The second-order valence-corrected chi connectivity index (χ2v) is 9.53. The summed E-state index contributed by atoms with van der Waals surface area (Å²) in [4.78, 5) is 23.3. The molecule has 0 aliphatic carbocycles. The number of carbonyl (C=O) groups excluding carboxylic acids is 1. The molecule has 12 heteroatoms. The number of nitrogens with one attached hydrogen (secondary N) is 2. The summed E-state index contributed by atoms with van der Waals surface area (Å²) in [6, 6.07) is 2.83. The highest BCUT2D eigenvalue weighted by Crippen LogP contribution is 2.41. The van der Waals surface area contributed by atoms with Gasteiger partial charge in [-0.2, -0.15) is 0 Å². The molecule has 10 nitrogen and oxygen atoms in total. The summed E-state index contributed by atoms with van der Waals surface area (Å²) >= 11 is 0. The van der Waals surface area contributed by atoms with Gasteiger partial charge in [0.15, 0.2) is 14.6 Å². The number of hydrogen-bond donors (Lipinski definition) is 2. The van der Waals surface area contributed by atoms with Crippen molar-refractivity contribution in [3.63, 3.8) is 0 Å². The predicted molar refractivity (Wildman–Crippen MR) is 101 cm³/mol. The van der Waals surface area contributed by atoms with Gasteiger partial charge in [0.25, 0.3) is 5.69 Å². The average Bonchev–Trinajstić information content (AvgIpc) is 2.57. The van der Waals surface area contributed by atoms with Crippen LogP contribution >= 0.6 is 0 Å². The third kappa shape index (κ3) is 3.22. The van der Waals surface area contributed by atoms with Gasteiger partial charge in [0, 0.05) is 17.7 Å². The fourth-order valence-electron chi connectivity index (χ4n) is 3.57. The van der Waals surface area contributed by atoms with Crippen molar-refractivity contribution < 1.29 is 27.3 Å². The minimum Gasteiger partial charge on any atom is -0.445 e. The zero-order valence-corrected chi connectivity index (χ0v) is 16.3. The molecular formula is C17H19FN4O6S. The molecule has 0 radical (unpaired) electrons. The molecule has 0 saturated carbocycles. The molecule has 2 N–H and O–H groups in total. The van der Waals surface area contributed by atoms with Gasteiger partial charge < -0.3 is 15.0 Å². The maximum absolute atomic E-state index is 14.4. The van der Waals surface area contributed by atoms with E-state index in [0.29, 0.717) is 0 Å². The molecule has 29 heavy (non-hydrogen) atoms. The quantitative estimate of drug-likeness (QED) is 0.420.